The summed E-state index contributed by atoms with van der Waals surface area (Å²) in [4.78, 5) is 0. The average Bonchev–Trinajstić information content (AvgIpc) is 2.14. The van der Waals surface area contributed by atoms with Crippen molar-refractivity contribution < 1.29 is 27.1 Å². The number of hydrogen-bond acceptors (Lipinski definition) is 5. The van der Waals surface area contributed by atoms with E-state index in [2.05, 4.69) is 13.6 Å². The molecule has 0 bridgehead atoms. The monoisotopic (exact) mass is 220 g/mol. The Morgan fingerprint density at radius 2 is 1.75 bits per heavy atom. The van der Waals surface area contributed by atoms with E-state index in [9.17, 15) is 13.5 Å². The second-order valence-corrected chi connectivity index (χ2v) is 6.07. The van der Waals surface area contributed by atoms with E-state index < -0.39 is 21.3 Å². The first-order chi connectivity index (χ1) is 5.51. The van der Waals surface area contributed by atoms with Crippen molar-refractivity contribution in [1.82, 2.24) is 0 Å². The van der Waals surface area contributed by atoms with Gasteiger partial charge in [0.1, 0.15) is 0 Å². The molecule has 2 unspecified atom stereocenters. The Bertz CT molecular complexity index is 200. The first-order valence-electron chi connectivity index (χ1n) is 2.95. The zero-order valence-corrected chi connectivity index (χ0v) is 8.84. The van der Waals surface area contributed by atoms with Gasteiger partial charge in [0.05, 0.1) is 0 Å². The third-order valence-electron chi connectivity index (χ3n) is 1.18. The molecule has 0 aliphatic heterocycles. The Labute approximate surface area is 70.6 Å². The Kier molecular flexibility index (Phi) is 5.21. The van der Waals surface area contributed by atoms with Crippen molar-refractivity contribution in [3.05, 3.63) is 0 Å². The van der Waals surface area contributed by atoms with Crippen molar-refractivity contribution in [3.8, 4) is 0 Å². The summed E-state index contributed by atoms with van der Waals surface area (Å²) >= 11 is 0. The van der Waals surface area contributed by atoms with E-state index in [1.54, 1.807) is 0 Å². The highest BCUT2D eigenvalue weighted by molar-refractivity contribution is 7.66. The van der Waals surface area contributed by atoms with Crippen molar-refractivity contribution in [2.24, 2.45) is 0 Å². The average molecular weight is 220 g/mol. The van der Waals surface area contributed by atoms with Gasteiger partial charge < -0.3 is 13.6 Å². The van der Waals surface area contributed by atoms with Gasteiger partial charge in [-0.3, -0.25) is 9.13 Å². The van der Waals surface area contributed by atoms with Crippen LogP contribution < -0.4 is 0 Å². The molecule has 0 heterocycles. The van der Waals surface area contributed by atoms with Crippen LogP contribution in [0, 0.1) is 0 Å². The lowest BCUT2D eigenvalue weighted by Gasteiger charge is -2.16. The van der Waals surface area contributed by atoms with E-state index in [0.29, 0.717) is 0 Å². The quantitative estimate of drug-likeness (QED) is 0.661. The van der Waals surface area contributed by atoms with Crippen LogP contribution in [0.15, 0.2) is 0 Å². The summed E-state index contributed by atoms with van der Waals surface area (Å²) in [6.45, 7) is 0. The third kappa shape index (κ3) is 2.64. The van der Waals surface area contributed by atoms with Crippen LogP contribution in [0.2, 0.25) is 0 Å². The zero-order valence-electron chi connectivity index (χ0n) is 6.94. The smallest absolute Gasteiger partial charge is 0.331 e. The van der Waals surface area contributed by atoms with Gasteiger partial charge in [0, 0.05) is 21.3 Å². The van der Waals surface area contributed by atoms with E-state index in [0.717, 1.165) is 21.3 Å². The van der Waals surface area contributed by atoms with Crippen molar-refractivity contribution in [2.45, 2.75) is 5.65 Å². The highest BCUT2D eigenvalue weighted by Crippen LogP contribution is 2.60. The summed E-state index contributed by atoms with van der Waals surface area (Å²) in [7, 11) is -3.83. The SMILES string of the molecule is CO[PH](=O)C(F)P(=O)(OC)OC. The largest absolute Gasteiger partial charge is 0.373 e. The maximum atomic E-state index is 12.9. The first-order valence-corrected chi connectivity index (χ1v) is 5.95. The van der Waals surface area contributed by atoms with Gasteiger partial charge in [-0.1, -0.05) is 0 Å². The van der Waals surface area contributed by atoms with Gasteiger partial charge in [0.25, 0.3) is 5.65 Å². The molecule has 0 rings (SSSR count). The molecule has 0 aliphatic carbocycles. The van der Waals surface area contributed by atoms with Gasteiger partial charge in [-0.25, -0.2) is 4.39 Å². The van der Waals surface area contributed by atoms with E-state index in [1.807, 2.05) is 0 Å². The Morgan fingerprint density at radius 3 is 2.00 bits per heavy atom. The molecule has 5 nitrogen and oxygen atoms in total. The minimum atomic E-state index is -3.90. The molecule has 0 spiro atoms. The summed E-state index contributed by atoms with van der Waals surface area (Å²) in [5.74, 6) is 0. The molecule has 0 radical (unpaired) electrons. The van der Waals surface area contributed by atoms with E-state index in [-0.39, 0.29) is 0 Å². The summed E-state index contributed by atoms with van der Waals surface area (Å²) in [5, 5.41) is 0. The second kappa shape index (κ2) is 5.10. The fourth-order valence-corrected chi connectivity index (χ4v) is 3.18. The van der Waals surface area contributed by atoms with Crippen molar-refractivity contribution in [2.75, 3.05) is 21.3 Å². The highest BCUT2D eigenvalue weighted by atomic mass is 31.2. The van der Waals surface area contributed by atoms with Crippen LogP contribution in [-0.4, -0.2) is 27.0 Å². The molecule has 8 heteroatoms. The molecule has 74 valence electrons. The van der Waals surface area contributed by atoms with Crippen LogP contribution in [0.1, 0.15) is 0 Å². The lowest BCUT2D eigenvalue weighted by atomic mass is 11.7. The maximum absolute atomic E-state index is 12.9. The van der Waals surface area contributed by atoms with Crippen LogP contribution in [0.25, 0.3) is 0 Å². The highest BCUT2D eigenvalue weighted by Gasteiger charge is 2.39. The topological polar surface area (TPSA) is 61.8 Å². The molecular weight excluding hydrogens is 209 g/mol. The number of halogens is 1. The zero-order chi connectivity index (χ0) is 9.78. The van der Waals surface area contributed by atoms with Crippen molar-refractivity contribution >= 4 is 15.6 Å². The molecule has 0 fully saturated rings. The fourth-order valence-electron chi connectivity index (χ4n) is 0.486. The normalized spacial score (nSPS) is 17.3. The molecule has 0 amide bonds. The van der Waals surface area contributed by atoms with Crippen molar-refractivity contribution in [3.63, 3.8) is 0 Å². The van der Waals surface area contributed by atoms with Gasteiger partial charge in [0.2, 0.25) is 8.03 Å². The maximum Gasteiger partial charge on any atom is 0.373 e. The molecule has 0 aromatic carbocycles. The number of rotatable bonds is 5. The molecule has 0 aromatic rings. The predicted octanol–water partition coefficient (Wildman–Crippen LogP) is 1.85. The van der Waals surface area contributed by atoms with Crippen LogP contribution in [0.3, 0.4) is 0 Å². The molecular formula is C4H11FO5P2. The van der Waals surface area contributed by atoms with Crippen molar-refractivity contribution in [1.29, 1.82) is 0 Å². The fraction of sp³-hybridized carbons (Fsp3) is 1.00. The van der Waals surface area contributed by atoms with E-state index in [4.69, 9.17) is 0 Å². The number of hydrogen-bond donors (Lipinski definition) is 0. The molecule has 0 aliphatic rings. The standard InChI is InChI=1S/C4H11FO5P2/c1-8-11(6)4(5)12(7,9-2)10-3/h4,11H,1-3H3. The molecule has 12 heavy (non-hydrogen) atoms. The van der Waals surface area contributed by atoms with Crippen LogP contribution in [0.5, 0.6) is 0 Å². The minimum Gasteiger partial charge on any atom is -0.331 e. The number of alkyl halides is 1. The van der Waals surface area contributed by atoms with Crippen LogP contribution in [0.4, 0.5) is 4.39 Å². The second-order valence-electron chi connectivity index (χ2n) is 1.76. The van der Waals surface area contributed by atoms with E-state index in [1.165, 1.54) is 0 Å². The molecule has 0 N–H and O–H groups in total. The van der Waals surface area contributed by atoms with Gasteiger partial charge in [0.15, 0.2) is 0 Å². The Hall–Kier alpha value is 0.270. The summed E-state index contributed by atoms with van der Waals surface area (Å²) in [6, 6.07) is 0. The summed E-state index contributed by atoms with van der Waals surface area (Å²) < 4.78 is 47.6. The minimum absolute atomic E-state index is 1.02. The lowest BCUT2D eigenvalue weighted by Crippen LogP contribution is -2.01. The Morgan fingerprint density at radius 1 is 1.33 bits per heavy atom. The summed E-state index contributed by atoms with van der Waals surface area (Å²) in [6.07, 6.45) is 0. The first kappa shape index (κ1) is 12.3. The van der Waals surface area contributed by atoms with Gasteiger partial charge in [-0.15, -0.1) is 0 Å². The lowest BCUT2D eigenvalue weighted by molar-refractivity contribution is 0.248. The molecule has 0 aromatic heterocycles. The van der Waals surface area contributed by atoms with E-state index >= 15 is 0 Å². The molecule has 2 atom stereocenters. The molecule has 0 saturated carbocycles. The van der Waals surface area contributed by atoms with Gasteiger partial charge >= 0.3 is 7.60 Å². The van der Waals surface area contributed by atoms with Gasteiger partial charge in [-0.05, 0) is 0 Å². The van der Waals surface area contributed by atoms with Crippen LogP contribution >= 0.6 is 15.6 Å². The third-order valence-corrected chi connectivity index (χ3v) is 5.13. The predicted molar refractivity (Wildman–Crippen MR) is 42.5 cm³/mol. The van der Waals surface area contributed by atoms with Crippen LogP contribution in [-0.2, 0) is 22.7 Å². The Balaban J connectivity index is 4.53. The molecule has 0 saturated heterocycles. The summed E-state index contributed by atoms with van der Waals surface area (Å²) in [5.41, 5.74) is -2.21. The van der Waals surface area contributed by atoms with Gasteiger partial charge in [-0.2, -0.15) is 0 Å².